The lowest BCUT2D eigenvalue weighted by Gasteiger charge is -2.11. The van der Waals surface area contributed by atoms with Crippen LogP contribution < -0.4 is 0 Å². The minimum atomic E-state index is -1.01. The van der Waals surface area contributed by atoms with Crippen LogP contribution in [0, 0.1) is 0 Å². The minimum Gasteiger partial charge on any atom is -0.478 e. The molecule has 254 valence electrons. The van der Waals surface area contributed by atoms with Gasteiger partial charge in [0.25, 0.3) is 0 Å². The van der Waals surface area contributed by atoms with E-state index in [-0.39, 0.29) is 11.1 Å². The molecule has 3 rings (SSSR count). The Bertz CT molecular complexity index is 1200. The second kappa shape index (κ2) is 20.7. The second-order valence-corrected chi connectivity index (χ2v) is 15.2. The summed E-state index contributed by atoms with van der Waals surface area (Å²) in [4.78, 5) is 30.0. The summed E-state index contributed by atoms with van der Waals surface area (Å²) in [6.45, 7) is 8.88. The molecule has 2 N–H and O–H groups in total. The van der Waals surface area contributed by atoms with Crippen LogP contribution in [0.3, 0.4) is 0 Å². The molecule has 0 bridgehead atoms. The van der Waals surface area contributed by atoms with E-state index in [4.69, 9.17) is 0 Å². The number of hydrogen-bond acceptors (Lipinski definition) is 4. The lowest BCUT2D eigenvalue weighted by Crippen LogP contribution is -2.05. The van der Waals surface area contributed by atoms with E-state index in [9.17, 15) is 19.8 Å². The van der Waals surface area contributed by atoms with Crippen LogP contribution in [0.4, 0.5) is 0 Å². The number of thiophene rings is 2. The van der Waals surface area contributed by atoms with Gasteiger partial charge in [0.05, 0.1) is 11.1 Å². The van der Waals surface area contributed by atoms with Gasteiger partial charge < -0.3 is 10.2 Å². The summed E-state index contributed by atoms with van der Waals surface area (Å²) in [6, 6.07) is 7.62. The van der Waals surface area contributed by atoms with Crippen molar-refractivity contribution >= 4 is 34.6 Å². The number of unbranched alkanes of at least 4 members (excludes halogenated alkanes) is 12. The summed E-state index contributed by atoms with van der Waals surface area (Å²) in [6.07, 6.45) is 22.9. The number of aromatic carboxylic acids is 2. The first-order valence-corrected chi connectivity index (χ1v) is 19.9. The molecule has 2 heterocycles. The van der Waals surface area contributed by atoms with Crippen molar-refractivity contribution in [2.45, 2.75) is 156 Å². The SMILES string of the molecule is CCCCCCc1cc(-c2cc(C(=O)O)c(-c3cc(CCCCCC)c(CCCCCC)s3)cc2C(=O)O)sc1CCCCCC. The van der Waals surface area contributed by atoms with E-state index in [1.807, 2.05) is 0 Å². The van der Waals surface area contributed by atoms with Crippen LogP contribution in [0.5, 0.6) is 0 Å². The molecule has 0 amide bonds. The smallest absolute Gasteiger partial charge is 0.336 e. The fourth-order valence-corrected chi connectivity index (χ4v) is 8.88. The number of benzene rings is 1. The molecule has 46 heavy (non-hydrogen) atoms. The molecule has 2 aromatic heterocycles. The first-order chi connectivity index (χ1) is 22.3. The van der Waals surface area contributed by atoms with Crippen molar-refractivity contribution in [1.29, 1.82) is 0 Å². The quantitative estimate of drug-likeness (QED) is 0.0933. The van der Waals surface area contributed by atoms with E-state index in [1.165, 1.54) is 97.9 Å². The van der Waals surface area contributed by atoms with Crippen LogP contribution in [0.25, 0.3) is 20.9 Å². The van der Waals surface area contributed by atoms with Gasteiger partial charge in [-0.25, -0.2) is 9.59 Å². The van der Waals surface area contributed by atoms with E-state index in [0.717, 1.165) is 61.1 Å². The molecule has 3 aromatic rings. The molecular weight excluding hydrogens is 609 g/mol. The third kappa shape index (κ3) is 11.4. The molecule has 0 aliphatic heterocycles. The summed E-state index contributed by atoms with van der Waals surface area (Å²) < 4.78 is 0. The predicted molar refractivity (Wildman–Crippen MR) is 198 cm³/mol. The summed E-state index contributed by atoms with van der Waals surface area (Å²) in [7, 11) is 0. The van der Waals surface area contributed by atoms with Crippen LogP contribution in [0.2, 0.25) is 0 Å². The number of carboxylic acid groups (broad SMARTS) is 2. The lowest BCUT2D eigenvalue weighted by atomic mass is 9.95. The van der Waals surface area contributed by atoms with Gasteiger partial charge in [0.1, 0.15) is 0 Å². The molecule has 0 saturated carbocycles. The molecule has 1 aromatic carbocycles. The van der Waals surface area contributed by atoms with E-state index in [2.05, 4.69) is 39.8 Å². The normalized spacial score (nSPS) is 11.4. The Morgan fingerprint density at radius 3 is 1.11 bits per heavy atom. The van der Waals surface area contributed by atoms with Crippen LogP contribution >= 0.6 is 22.7 Å². The Hall–Kier alpha value is -2.44. The van der Waals surface area contributed by atoms with Crippen molar-refractivity contribution in [2.75, 3.05) is 0 Å². The van der Waals surface area contributed by atoms with Gasteiger partial charge in [-0.2, -0.15) is 0 Å². The highest BCUT2D eigenvalue weighted by molar-refractivity contribution is 7.16. The molecule has 0 saturated heterocycles. The Kier molecular flexibility index (Phi) is 17.1. The highest BCUT2D eigenvalue weighted by atomic mass is 32.1. The maximum absolute atomic E-state index is 12.8. The zero-order chi connectivity index (χ0) is 33.3. The molecule has 6 heteroatoms. The Morgan fingerprint density at radius 2 is 0.804 bits per heavy atom. The summed E-state index contributed by atoms with van der Waals surface area (Å²) in [5.74, 6) is -2.02. The molecule has 0 aliphatic rings. The first-order valence-electron chi connectivity index (χ1n) is 18.2. The van der Waals surface area contributed by atoms with Gasteiger partial charge in [-0.05, 0) is 86.8 Å². The van der Waals surface area contributed by atoms with Crippen LogP contribution in [0.1, 0.15) is 172 Å². The van der Waals surface area contributed by atoms with Gasteiger partial charge in [0, 0.05) is 30.6 Å². The minimum absolute atomic E-state index is 0.193. The first kappa shape index (κ1) is 38.0. The average Bonchev–Trinajstić information content (AvgIpc) is 3.64. The maximum Gasteiger partial charge on any atom is 0.336 e. The Balaban J connectivity index is 2.05. The average molecular weight is 667 g/mol. The molecule has 4 nitrogen and oxygen atoms in total. The second-order valence-electron chi connectivity index (χ2n) is 12.9. The summed E-state index contributed by atoms with van der Waals surface area (Å²) in [5.41, 5.74) is 4.07. The van der Waals surface area contributed by atoms with Crippen LogP contribution in [-0.4, -0.2) is 22.2 Å². The highest BCUT2D eigenvalue weighted by Gasteiger charge is 2.24. The van der Waals surface area contributed by atoms with Crippen molar-refractivity contribution < 1.29 is 19.8 Å². The van der Waals surface area contributed by atoms with Crippen molar-refractivity contribution in [1.82, 2.24) is 0 Å². The van der Waals surface area contributed by atoms with Gasteiger partial charge in [-0.1, -0.05) is 105 Å². The number of carbonyl (C=O) groups is 2. The molecule has 0 radical (unpaired) electrons. The third-order valence-electron chi connectivity index (χ3n) is 9.06. The Labute approximate surface area is 286 Å². The van der Waals surface area contributed by atoms with Crippen molar-refractivity contribution in [3.63, 3.8) is 0 Å². The van der Waals surface area contributed by atoms with E-state index >= 15 is 0 Å². The predicted octanol–water partition coefficient (Wildman–Crippen LogP) is 13.0. The molecule has 0 unspecified atom stereocenters. The monoisotopic (exact) mass is 666 g/mol. The van der Waals surface area contributed by atoms with Gasteiger partial charge in [0.2, 0.25) is 0 Å². The lowest BCUT2D eigenvalue weighted by molar-refractivity contribution is 0.0682. The number of rotatable bonds is 24. The van der Waals surface area contributed by atoms with Crippen molar-refractivity contribution in [3.8, 4) is 20.9 Å². The van der Waals surface area contributed by atoms with Gasteiger partial charge >= 0.3 is 11.9 Å². The van der Waals surface area contributed by atoms with Gasteiger partial charge in [0.15, 0.2) is 0 Å². The fraction of sp³-hybridized carbons (Fsp3) is 0.600. The summed E-state index contributed by atoms with van der Waals surface area (Å²) >= 11 is 3.33. The zero-order valence-corrected chi connectivity index (χ0v) is 30.6. The number of aryl methyl sites for hydroxylation is 4. The molecule has 0 spiro atoms. The molecule has 0 aliphatic carbocycles. The van der Waals surface area contributed by atoms with Gasteiger partial charge in [-0.3, -0.25) is 0 Å². The topological polar surface area (TPSA) is 74.6 Å². The fourth-order valence-electron chi connectivity index (χ4n) is 6.32. The molecule has 0 atom stereocenters. The van der Waals surface area contributed by atoms with Crippen LogP contribution in [-0.2, 0) is 25.7 Å². The van der Waals surface area contributed by atoms with E-state index < -0.39 is 11.9 Å². The van der Waals surface area contributed by atoms with E-state index in [1.54, 1.807) is 34.8 Å². The molecular formula is C40H58O4S2. The highest BCUT2D eigenvalue weighted by Crippen LogP contribution is 2.41. The standard InChI is InChI=1S/C40H58O4S2/c1-5-9-13-17-21-29-25-37(45-35(29)23-19-15-11-7-3)31-27-34(40(43)44)32(28-33(31)39(41)42)38-26-30(22-18-14-10-6-2)36(46-38)24-20-16-12-8-4/h25-28H,5-24H2,1-4H3,(H,41,42)(H,43,44). The maximum atomic E-state index is 12.8. The van der Waals surface area contributed by atoms with Crippen LogP contribution in [0.15, 0.2) is 24.3 Å². The Morgan fingerprint density at radius 1 is 0.478 bits per heavy atom. The zero-order valence-electron chi connectivity index (χ0n) is 29.0. The van der Waals surface area contributed by atoms with Crippen molar-refractivity contribution in [3.05, 3.63) is 56.3 Å². The van der Waals surface area contributed by atoms with Gasteiger partial charge in [-0.15, -0.1) is 22.7 Å². The van der Waals surface area contributed by atoms with E-state index in [0.29, 0.717) is 11.1 Å². The van der Waals surface area contributed by atoms with Crippen molar-refractivity contribution in [2.24, 2.45) is 0 Å². The number of carboxylic acids is 2. The third-order valence-corrected chi connectivity index (χ3v) is 11.6. The number of hydrogen-bond donors (Lipinski definition) is 2. The largest absolute Gasteiger partial charge is 0.478 e. The summed E-state index contributed by atoms with van der Waals surface area (Å²) in [5, 5.41) is 20.9. The molecule has 0 fully saturated rings.